The van der Waals surface area contributed by atoms with Gasteiger partial charge in [-0.25, -0.2) is 0 Å². The van der Waals surface area contributed by atoms with Crippen molar-refractivity contribution in [2.24, 2.45) is 5.92 Å². The average Bonchev–Trinajstić information content (AvgIpc) is 2.66. The van der Waals surface area contributed by atoms with Gasteiger partial charge in [-0.1, -0.05) is 49.4 Å². The summed E-state index contributed by atoms with van der Waals surface area (Å²) in [6, 6.07) is 8.46. The van der Waals surface area contributed by atoms with Gasteiger partial charge < -0.3 is 5.32 Å². The van der Waals surface area contributed by atoms with Crippen LogP contribution in [0.5, 0.6) is 0 Å². The first-order valence-electron chi connectivity index (χ1n) is 7.21. The maximum Gasteiger partial charge on any atom is 0.0406 e. The van der Waals surface area contributed by atoms with Crippen molar-refractivity contribution in [3.05, 3.63) is 34.9 Å². The molecule has 1 aromatic rings. The zero-order valence-corrected chi connectivity index (χ0v) is 12.0. The molecule has 0 bridgehead atoms. The van der Waals surface area contributed by atoms with Crippen molar-refractivity contribution < 1.29 is 0 Å². The lowest BCUT2D eigenvalue weighted by Gasteiger charge is -2.26. The second-order valence-corrected chi connectivity index (χ2v) is 5.90. The summed E-state index contributed by atoms with van der Waals surface area (Å²) in [6.45, 7) is 1.08. The van der Waals surface area contributed by atoms with Crippen LogP contribution in [0.4, 0.5) is 0 Å². The fourth-order valence-electron chi connectivity index (χ4n) is 3.20. The van der Waals surface area contributed by atoms with E-state index < -0.39 is 0 Å². The van der Waals surface area contributed by atoms with E-state index in [1.54, 1.807) is 0 Å². The molecular weight excluding hydrogens is 242 g/mol. The predicted octanol–water partition coefficient (Wildman–Crippen LogP) is 4.61. The number of rotatable bonds is 4. The Labute approximate surface area is 116 Å². The largest absolute Gasteiger partial charge is 0.319 e. The Morgan fingerprint density at radius 1 is 1.11 bits per heavy atom. The minimum Gasteiger partial charge on any atom is -0.319 e. The van der Waals surface area contributed by atoms with Crippen LogP contribution in [0.15, 0.2) is 24.3 Å². The van der Waals surface area contributed by atoms with Gasteiger partial charge in [0.05, 0.1) is 0 Å². The van der Waals surface area contributed by atoms with Gasteiger partial charge in [0, 0.05) is 11.6 Å². The van der Waals surface area contributed by atoms with Crippen LogP contribution in [-0.4, -0.2) is 13.6 Å². The van der Waals surface area contributed by atoms with Crippen LogP contribution in [0.3, 0.4) is 0 Å². The highest BCUT2D eigenvalue weighted by atomic mass is 35.5. The average molecular weight is 266 g/mol. The minimum absolute atomic E-state index is 0.644. The molecule has 1 saturated carbocycles. The molecule has 100 valence electrons. The lowest BCUT2D eigenvalue weighted by molar-refractivity contribution is 0.367. The van der Waals surface area contributed by atoms with Gasteiger partial charge in [-0.15, -0.1) is 0 Å². The van der Waals surface area contributed by atoms with Crippen molar-refractivity contribution in [1.29, 1.82) is 0 Å². The molecule has 0 saturated heterocycles. The van der Waals surface area contributed by atoms with Gasteiger partial charge >= 0.3 is 0 Å². The standard InChI is InChI=1S/C16H24ClN/c1-18-12-16(13-6-4-2-3-5-7-13)14-8-10-15(17)11-9-14/h8-11,13,16,18H,2-7,12H2,1H3. The molecule has 18 heavy (non-hydrogen) atoms. The van der Waals surface area contributed by atoms with Crippen LogP contribution in [-0.2, 0) is 0 Å². The maximum atomic E-state index is 5.99. The van der Waals surface area contributed by atoms with E-state index in [9.17, 15) is 0 Å². The first-order chi connectivity index (χ1) is 8.81. The number of halogens is 1. The van der Waals surface area contributed by atoms with E-state index in [0.29, 0.717) is 5.92 Å². The number of nitrogens with one attached hydrogen (secondary N) is 1. The maximum absolute atomic E-state index is 5.99. The van der Waals surface area contributed by atoms with Crippen LogP contribution < -0.4 is 5.32 Å². The van der Waals surface area contributed by atoms with Gasteiger partial charge in [0.2, 0.25) is 0 Å². The lowest BCUT2D eigenvalue weighted by atomic mass is 9.81. The molecule has 1 aliphatic rings. The van der Waals surface area contributed by atoms with E-state index >= 15 is 0 Å². The van der Waals surface area contributed by atoms with Gasteiger partial charge in [-0.05, 0) is 49.4 Å². The molecule has 0 radical (unpaired) electrons. The zero-order chi connectivity index (χ0) is 12.8. The summed E-state index contributed by atoms with van der Waals surface area (Å²) in [4.78, 5) is 0. The normalized spacial score (nSPS) is 19.4. The molecule has 0 spiro atoms. The molecule has 1 atom stereocenters. The SMILES string of the molecule is CNCC(c1ccc(Cl)cc1)C1CCCCCC1. The topological polar surface area (TPSA) is 12.0 Å². The Morgan fingerprint density at radius 3 is 2.28 bits per heavy atom. The van der Waals surface area contributed by atoms with E-state index in [2.05, 4.69) is 24.5 Å². The molecule has 0 aromatic heterocycles. The van der Waals surface area contributed by atoms with Gasteiger partial charge in [0.25, 0.3) is 0 Å². The first kappa shape index (κ1) is 13.9. The van der Waals surface area contributed by atoms with E-state index in [0.717, 1.165) is 17.5 Å². The molecule has 2 heteroatoms. The first-order valence-corrected chi connectivity index (χ1v) is 7.59. The second-order valence-electron chi connectivity index (χ2n) is 5.47. The molecular formula is C16H24ClN. The summed E-state index contributed by atoms with van der Waals surface area (Å²) in [6.07, 6.45) is 8.41. The third-order valence-electron chi connectivity index (χ3n) is 4.19. The van der Waals surface area contributed by atoms with Crippen LogP contribution >= 0.6 is 11.6 Å². The Morgan fingerprint density at radius 2 is 1.72 bits per heavy atom. The number of likely N-dealkylation sites (N-methyl/N-ethyl adjacent to an activating group) is 1. The third kappa shape index (κ3) is 3.73. The van der Waals surface area contributed by atoms with E-state index in [4.69, 9.17) is 11.6 Å². The quantitative estimate of drug-likeness (QED) is 0.784. The molecule has 1 N–H and O–H groups in total. The molecule has 1 fully saturated rings. The number of hydrogen-bond donors (Lipinski definition) is 1. The van der Waals surface area contributed by atoms with Crippen molar-refractivity contribution in [3.63, 3.8) is 0 Å². The van der Waals surface area contributed by atoms with Crippen LogP contribution in [0.2, 0.25) is 5.02 Å². The molecule has 0 aliphatic heterocycles. The fourth-order valence-corrected chi connectivity index (χ4v) is 3.33. The van der Waals surface area contributed by atoms with Crippen molar-refractivity contribution in [2.45, 2.75) is 44.4 Å². The predicted molar refractivity (Wildman–Crippen MR) is 79.3 cm³/mol. The van der Waals surface area contributed by atoms with Gasteiger partial charge in [-0.3, -0.25) is 0 Å². The van der Waals surface area contributed by atoms with E-state index in [1.165, 1.54) is 44.1 Å². The fraction of sp³-hybridized carbons (Fsp3) is 0.625. The van der Waals surface area contributed by atoms with Crippen LogP contribution in [0.1, 0.15) is 50.0 Å². The summed E-state index contributed by atoms with van der Waals surface area (Å²) in [5, 5.41) is 4.20. The molecule has 1 aromatic carbocycles. The second kappa shape index (κ2) is 7.16. The van der Waals surface area contributed by atoms with Gasteiger partial charge in [0.1, 0.15) is 0 Å². The van der Waals surface area contributed by atoms with Crippen molar-refractivity contribution >= 4 is 11.6 Å². The Balaban J connectivity index is 2.12. The van der Waals surface area contributed by atoms with E-state index in [1.807, 2.05) is 12.1 Å². The zero-order valence-electron chi connectivity index (χ0n) is 11.3. The molecule has 1 nitrogen and oxygen atoms in total. The Kier molecular flexibility index (Phi) is 5.52. The number of benzene rings is 1. The van der Waals surface area contributed by atoms with Gasteiger partial charge in [0.15, 0.2) is 0 Å². The smallest absolute Gasteiger partial charge is 0.0406 e. The highest BCUT2D eigenvalue weighted by molar-refractivity contribution is 6.30. The summed E-state index contributed by atoms with van der Waals surface area (Å²) in [7, 11) is 2.06. The summed E-state index contributed by atoms with van der Waals surface area (Å²) in [5.74, 6) is 1.48. The minimum atomic E-state index is 0.644. The van der Waals surface area contributed by atoms with Crippen molar-refractivity contribution in [1.82, 2.24) is 5.32 Å². The van der Waals surface area contributed by atoms with Gasteiger partial charge in [-0.2, -0.15) is 0 Å². The van der Waals surface area contributed by atoms with E-state index in [-0.39, 0.29) is 0 Å². The highest BCUT2D eigenvalue weighted by Gasteiger charge is 2.23. The van der Waals surface area contributed by atoms with Crippen molar-refractivity contribution in [2.75, 3.05) is 13.6 Å². The molecule has 1 aliphatic carbocycles. The molecule has 1 unspecified atom stereocenters. The Hall–Kier alpha value is -0.530. The van der Waals surface area contributed by atoms with Crippen LogP contribution in [0, 0.1) is 5.92 Å². The lowest BCUT2D eigenvalue weighted by Crippen LogP contribution is -2.24. The highest BCUT2D eigenvalue weighted by Crippen LogP contribution is 2.35. The molecule has 0 heterocycles. The van der Waals surface area contributed by atoms with Crippen molar-refractivity contribution in [3.8, 4) is 0 Å². The summed E-state index contributed by atoms with van der Waals surface area (Å²) in [5.41, 5.74) is 1.45. The van der Waals surface area contributed by atoms with Crippen LogP contribution in [0.25, 0.3) is 0 Å². The summed E-state index contributed by atoms with van der Waals surface area (Å²) >= 11 is 5.99. The molecule has 2 rings (SSSR count). The molecule has 0 amide bonds. The number of hydrogen-bond acceptors (Lipinski definition) is 1. The third-order valence-corrected chi connectivity index (χ3v) is 4.44. The monoisotopic (exact) mass is 265 g/mol. The Bertz CT molecular complexity index is 339. The summed E-state index contributed by atoms with van der Waals surface area (Å²) < 4.78 is 0.